The minimum Gasteiger partial charge on any atom is -0.251 e. The van der Waals surface area contributed by atoms with Crippen molar-refractivity contribution in [1.29, 1.82) is 0 Å². The van der Waals surface area contributed by atoms with Crippen LogP contribution in [0.2, 0.25) is 0 Å². The summed E-state index contributed by atoms with van der Waals surface area (Å²) in [6, 6.07) is 9.92. The summed E-state index contributed by atoms with van der Waals surface area (Å²) in [5.74, 6) is -2.35. The molecule has 0 unspecified atom stereocenters. The van der Waals surface area contributed by atoms with Crippen molar-refractivity contribution in [2.24, 2.45) is 0 Å². The molecule has 1 aromatic heterocycles. The molecule has 19 heavy (non-hydrogen) atoms. The van der Waals surface area contributed by atoms with Crippen molar-refractivity contribution < 1.29 is 8.78 Å². The summed E-state index contributed by atoms with van der Waals surface area (Å²) in [7, 11) is 0. The number of fused-ring (bicyclic) bond motifs is 1. The maximum Gasteiger partial charge on any atom is 0.248 e. The largest absolute Gasteiger partial charge is 0.251 e. The summed E-state index contributed by atoms with van der Waals surface area (Å²) >= 11 is 3.53. The number of nitrogens with zero attached hydrogens (tertiary/aromatic N) is 1. The molecule has 0 atom stereocenters. The summed E-state index contributed by atoms with van der Waals surface area (Å²) in [5, 5.41) is 1.07. The number of rotatable bonds is 1. The van der Waals surface area contributed by atoms with Crippen LogP contribution in [0.3, 0.4) is 0 Å². The second-order valence-electron chi connectivity index (χ2n) is 5.18. The van der Waals surface area contributed by atoms with E-state index < -0.39 is 5.92 Å². The number of para-hydroxylation sites is 1. The third-order valence-electron chi connectivity index (χ3n) is 3.81. The number of hydrogen-bond donors (Lipinski definition) is 0. The molecule has 1 fully saturated rings. The summed E-state index contributed by atoms with van der Waals surface area (Å²) in [6.07, 6.45) is 0.963. The fourth-order valence-electron chi connectivity index (χ4n) is 2.70. The van der Waals surface area contributed by atoms with Crippen molar-refractivity contribution in [2.75, 3.05) is 0 Å². The maximum atomic E-state index is 13.2. The summed E-state index contributed by atoms with van der Waals surface area (Å²) < 4.78 is 27.4. The van der Waals surface area contributed by atoms with E-state index in [4.69, 9.17) is 0 Å². The average molecular weight is 326 g/mol. The first-order valence-electron chi connectivity index (χ1n) is 6.48. The van der Waals surface area contributed by atoms with Gasteiger partial charge in [-0.3, -0.25) is 4.98 Å². The van der Waals surface area contributed by atoms with Gasteiger partial charge in [-0.1, -0.05) is 18.2 Å². The Morgan fingerprint density at radius 1 is 1.16 bits per heavy atom. The molecule has 0 saturated heterocycles. The van der Waals surface area contributed by atoms with Gasteiger partial charge in [0.1, 0.15) is 0 Å². The minimum absolute atomic E-state index is 0.0292. The van der Waals surface area contributed by atoms with E-state index in [-0.39, 0.29) is 18.8 Å². The minimum atomic E-state index is -2.49. The molecule has 0 amide bonds. The van der Waals surface area contributed by atoms with Crippen LogP contribution in [0, 0.1) is 0 Å². The van der Waals surface area contributed by atoms with Gasteiger partial charge in [0.2, 0.25) is 5.92 Å². The molecule has 100 valence electrons. The average Bonchev–Trinajstić information content (AvgIpc) is 2.38. The molecule has 1 saturated carbocycles. The number of aromatic nitrogens is 1. The van der Waals surface area contributed by atoms with E-state index in [2.05, 4.69) is 20.9 Å². The smallest absolute Gasteiger partial charge is 0.248 e. The molecular weight excluding hydrogens is 312 g/mol. The topological polar surface area (TPSA) is 12.9 Å². The van der Waals surface area contributed by atoms with Crippen molar-refractivity contribution in [3.8, 4) is 0 Å². The fraction of sp³-hybridized carbons (Fsp3) is 0.400. The number of alkyl halides is 2. The van der Waals surface area contributed by atoms with Gasteiger partial charge in [0.25, 0.3) is 0 Å². The van der Waals surface area contributed by atoms with Gasteiger partial charge < -0.3 is 0 Å². The van der Waals surface area contributed by atoms with Crippen LogP contribution < -0.4 is 0 Å². The second-order valence-corrected chi connectivity index (χ2v) is 6.03. The maximum absolute atomic E-state index is 13.2. The molecule has 1 heterocycles. The standard InChI is InChI=1S/C15H14BrF2N/c16-12-9-11-3-1-2-4-13(11)19-14(12)10-5-7-15(17,18)8-6-10/h1-4,9-10H,5-8H2. The second kappa shape index (κ2) is 4.82. The lowest BCUT2D eigenvalue weighted by Gasteiger charge is -2.28. The lowest BCUT2D eigenvalue weighted by molar-refractivity contribution is -0.0385. The van der Waals surface area contributed by atoms with Crippen LogP contribution in [0.1, 0.15) is 37.3 Å². The van der Waals surface area contributed by atoms with E-state index in [1.165, 1.54) is 0 Å². The molecule has 0 aliphatic heterocycles. The van der Waals surface area contributed by atoms with E-state index in [9.17, 15) is 8.78 Å². The zero-order valence-electron chi connectivity index (χ0n) is 10.4. The van der Waals surface area contributed by atoms with Crippen molar-refractivity contribution in [1.82, 2.24) is 4.98 Å². The molecule has 2 aromatic rings. The Morgan fingerprint density at radius 3 is 2.58 bits per heavy atom. The quantitative estimate of drug-likeness (QED) is 0.694. The van der Waals surface area contributed by atoms with E-state index >= 15 is 0 Å². The first kappa shape index (κ1) is 13.0. The van der Waals surface area contributed by atoms with Crippen molar-refractivity contribution in [3.63, 3.8) is 0 Å². The molecule has 4 heteroatoms. The van der Waals surface area contributed by atoms with Gasteiger partial charge in [0.15, 0.2) is 0 Å². The van der Waals surface area contributed by atoms with Crippen molar-refractivity contribution >= 4 is 26.8 Å². The fourth-order valence-corrected chi connectivity index (χ4v) is 3.36. The highest BCUT2D eigenvalue weighted by molar-refractivity contribution is 9.10. The van der Waals surface area contributed by atoms with Gasteiger partial charge in [-0.25, -0.2) is 8.78 Å². The zero-order chi connectivity index (χ0) is 13.5. The molecule has 0 bridgehead atoms. The third-order valence-corrected chi connectivity index (χ3v) is 4.44. The Morgan fingerprint density at radius 2 is 1.84 bits per heavy atom. The van der Waals surface area contributed by atoms with Crippen LogP contribution in [-0.4, -0.2) is 10.9 Å². The van der Waals surface area contributed by atoms with E-state index in [1.54, 1.807) is 0 Å². The number of halogens is 3. The van der Waals surface area contributed by atoms with Crippen molar-refractivity contribution in [3.05, 3.63) is 40.5 Å². The van der Waals surface area contributed by atoms with Crippen LogP contribution in [-0.2, 0) is 0 Å². The Bertz CT molecular complexity index is 602. The zero-order valence-corrected chi connectivity index (χ0v) is 12.0. The first-order chi connectivity index (χ1) is 9.05. The van der Waals surface area contributed by atoms with Crippen LogP contribution in [0.25, 0.3) is 10.9 Å². The molecule has 3 rings (SSSR count). The molecule has 1 aliphatic carbocycles. The van der Waals surface area contributed by atoms with Crippen LogP contribution >= 0.6 is 15.9 Å². The summed E-state index contributed by atoms with van der Waals surface area (Å²) in [6.45, 7) is 0. The van der Waals surface area contributed by atoms with E-state index in [0.717, 1.165) is 21.1 Å². The Labute approximate surface area is 119 Å². The van der Waals surface area contributed by atoms with Crippen LogP contribution in [0.5, 0.6) is 0 Å². The predicted octanol–water partition coefficient (Wildman–Crippen LogP) is 5.29. The predicted molar refractivity (Wildman–Crippen MR) is 75.6 cm³/mol. The molecular formula is C15H14BrF2N. The number of benzene rings is 1. The number of hydrogen-bond acceptors (Lipinski definition) is 1. The highest BCUT2D eigenvalue weighted by Crippen LogP contribution is 2.42. The van der Waals surface area contributed by atoms with E-state index in [1.807, 2.05) is 30.3 Å². The summed E-state index contributed by atoms with van der Waals surface area (Å²) in [5.41, 5.74) is 1.85. The Hall–Kier alpha value is -1.03. The Kier molecular flexibility index (Phi) is 3.29. The number of pyridine rings is 1. The van der Waals surface area contributed by atoms with Crippen molar-refractivity contribution in [2.45, 2.75) is 37.5 Å². The summed E-state index contributed by atoms with van der Waals surface area (Å²) in [4.78, 5) is 4.65. The lowest BCUT2D eigenvalue weighted by Crippen LogP contribution is -2.24. The molecule has 1 nitrogen and oxygen atoms in total. The SMILES string of the molecule is FC1(F)CCC(c2nc3ccccc3cc2Br)CC1. The first-order valence-corrected chi connectivity index (χ1v) is 7.27. The van der Waals surface area contributed by atoms with Gasteiger partial charge in [0, 0.05) is 28.6 Å². The molecule has 0 N–H and O–H groups in total. The highest BCUT2D eigenvalue weighted by Gasteiger charge is 2.36. The Balaban J connectivity index is 1.95. The normalized spacial score (nSPS) is 19.7. The van der Waals surface area contributed by atoms with Crippen LogP contribution in [0.4, 0.5) is 8.78 Å². The lowest BCUT2D eigenvalue weighted by atomic mass is 9.84. The molecule has 1 aromatic carbocycles. The molecule has 1 aliphatic rings. The van der Waals surface area contributed by atoms with Gasteiger partial charge in [0.05, 0.1) is 11.2 Å². The van der Waals surface area contributed by atoms with Crippen LogP contribution in [0.15, 0.2) is 34.8 Å². The molecule has 0 spiro atoms. The van der Waals surface area contributed by atoms with Gasteiger partial charge in [-0.05, 0) is 40.9 Å². The van der Waals surface area contributed by atoms with Gasteiger partial charge in [-0.15, -0.1) is 0 Å². The van der Waals surface area contributed by atoms with E-state index in [0.29, 0.717) is 12.8 Å². The van der Waals surface area contributed by atoms with Gasteiger partial charge in [-0.2, -0.15) is 0 Å². The molecule has 0 radical (unpaired) electrons. The van der Waals surface area contributed by atoms with Gasteiger partial charge >= 0.3 is 0 Å². The monoisotopic (exact) mass is 325 g/mol. The third kappa shape index (κ3) is 2.64. The highest BCUT2D eigenvalue weighted by atomic mass is 79.9.